The molecule has 4 rings (SSSR count). The smallest absolute Gasteiger partial charge is 0.261 e. The lowest BCUT2D eigenvalue weighted by Crippen LogP contribution is -2.35. The van der Waals surface area contributed by atoms with Crippen molar-refractivity contribution in [2.24, 2.45) is 0 Å². The van der Waals surface area contributed by atoms with E-state index >= 15 is 0 Å². The van der Waals surface area contributed by atoms with Gasteiger partial charge in [-0.1, -0.05) is 31.5 Å². The molecule has 2 aliphatic heterocycles. The fourth-order valence-corrected chi connectivity index (χ4v) is 3.84. The Kier molecular flexibility index (Phi) is 4.52. The van der Waals surface area contributed by atoms with Crippen molar-refractivity contribution in [2.75, 3.05) is 18.0 Å². The number of benzene rings is 2. The molecule has 5 heteroatoms. The monoisotopic (exact) mass is 362 g/mol. The number of anilines is 1. The van der Waals surface area contributed by atoms with Crippen LogP contribution in [0.5, 0.6) is 0 Å². The predicted molar refractivity (Wildman–Crippen MR) is 103 cm³/mol. The zero-order valence-corrected chi connectivity index (χ0v) is 15.4. The molecule has 0 bridgehead atoms. The Bertz CT molecular complexity index is 935. The molecule has 0 aliphatic carbocycles. The van der Waals surface area contributed by atoms with Crippen LogP contribution in [0.25, 0.3) is 0 Å². The first-order valence-electron chi connectivity index (χ1n) is 9.52. The third-order valence-corrected chi connectivity index (χ3v) is 5.31. The summed E-state index contributed by atoms with van der Waals surface area (Å²) in [7, 11) is 0. The number of rotatable bonds is 4. The molecule has 0 atom stereocenters. The summed E-state index contributed by atoms with van der Waals surface area (Å²) in [6.07, 6.45) is 3.56. The van der Waals surface area contributed by atoms with Crippen molar-refractivity contribution in [2.45, 2.75) is 32.6 Å². The molecule has 2 aliphatic rings. The van der Waals surface area contributed by atoms with E-state index in [1.54, 1.807) is 23.1 Å². The minimum atomic E-state index is -0.294. The van der Waals surface area contributed by atoms with Gasteiger partial charge in [-0.25, -0.2) is 0 Å². The maximum Gasteiger partial charge on any atom is 0.261 e. The molecular weight excluding hydrogens is 340 g/mol. The summed E-state index contributed by atoms with van der Waals surface area (Å²) < 4.78 is 0. The molecule has 27 heavy (non-hydrogen) atoms. The van der Waals surface area contributed by atoms with Crippen LogP contribution in [-0.2, 0) is 6.42 Å². The average Bonchev–Trinajstić information content (AvgIpc) is 2.95. The highest BCUT2D eigenvalue weighted by molar-refractivity contribution is 6.22. The number of carbonyl (C=O) groups is 3. The molecule has 0 saturated carbocycles. The summed E-state index contributed by atoms with van der Waals surface area (Å²) in [5.41, 5.74) is 3.28. The summed E-state index contributed by atoms with van der Waals surface area (Å²) in [6, 6.07) is 12.8. The highest BCUT2D eigenvalue weighted by Crippen LogP contribution is 2.30. The van der Waals surface area contributed by atoms with Gasteiger partial charge in [0.05, 0.1) is 11.1 Å². The number of imide groups is 1. The molecule has 0 fully saturated rings. The van der Waals surface area contributed by atoms with Gasteiger partial charge in [0.1, 0.15) is 0 Å². The van der Waals surface area contributed by atoms with E-state index in [1.165, 1.54) is 4.90 Å². The number of aryl methyl sites for hydroxylation is 1. The van der Waals surface area contributed by atoms with E-state index < -0.39 is 0 Å². The van der Waals surface area contributed by atoms with Crippen LogP contribution in [0.1, 0.15) is 62.8 Å². The van der Waals surface area contributed by atoms with Gasteiger partial charge in [0.25, 0.3) is 17.7 Å². The van der Waals surface area contributed by atoms with Crippen LogP contribution < -0.4 is 4.90 Å². The van der Waals surface area contributed by atoms with Crippen LogP contribution in [0.3, 0.4) is 0 Å². The Morgan fingerprint density at radius 2 is 1.81 bits per heavy atom. The van der Waals surface area contributed by atoms with E-state index in [-0.39, 0.29) is 17.7 Å². The Balaban J connectivity index is 1.65. The quantitative estimate of drug-likeness (QED) is 0.780. The van der Waals surface area contributed by atoms with E-state index in [1.807, 2.05) is 31.2 Å². The minimum Gasteiger partial charge on any atom is -0.308 e. The number of hydrogen-bond acceptors (Lipinski definition) is 3. The summed E-state index contributed by atoms with van der Waals surface area (Å²) in [5.74, 6) is -0.680. The number of amides is 3. The Labute approximate surface area is 158 Å². The number of para-hydroxylation sites is 1. The van der Waals surface area contributed by atoms with E-state index in [0.717, 1.165) is 36.9 Å². The largest absolute Gasteiger partial charge is 0.308 e. The van der Waals surface area contributed by atoms with Crippen molar-refractivity contribution in [3.8, 4) is 0 Å². The van der Waals surface area contributed by atoms with Crippen LogP contribution in [0, 0.1) is 0 Å². The lowest BCUT2D eigenvalue weighted by Gasteiger charge is -2.29. The molecular formula is C22H22N2O3. The number of unbranched alkanes of at least 4 members (excludes halogenated alkanes) is 1. The highest BCUT2D eigenvalue weighted by atomic mass is 16.2. The van der Waals surface area contributed by atoms with Gasteiger partial charge in [-0.15, -0.1) is 0 Å². The van der Waals surface area contributed by atoms with Crippen LogP contribution in [0.4, 0.5) is 5.69 Å². The highest BCUT2D eigenvalue weighted by Gasteiger charge is 2.36. The van der Waals surface area contributed by atoms with Gasteiger partial charge in [-0.3, -0.25) is 19.3 Å². The van der Waals surface area contributed by atoms with E-state index in [9.17, 15) is 14.4 Å². The fraction of sp³-hybridized carbons (Fsp3) is 0.318. The molecule has 138 valence electrons. The van der Waals surface area contributed by atoms with Crippen LogP contribution in [-0.4, -0.2) is 35.7 Å². The third kappa shape index (κ3) is 2.93. The molecule has 2 heterocycles. The number of hydrogen-bond donors (Lipinski definition) is 0. The van der Waals surface area contributed by atoms with Crippen molar-refractivity contribution in [1.82, 2.24) is 4.90 Å². The maximum absolute atomic E-state index is 13.1. The second-order valence-electron chi connectivity index (χ2n) is 7.06. The van der Waals surface area contributed by atoms with Gasteiger partial charge in [-0.2, -0.15) is 0 Å². The molecule has 0 spiro atoms. The summed E-state index contributed by atoms with van der Waals surface area (Å²) in [5, 5.41) is 0. The first kappa shape index (κ1) is 17.5. The molecule has 2 aromatic carbocycles. The van der Waals surface area contributed by atoms with Crippen LogP contribution in [0.15, 0.2) is 42.5 Å². The normalized spacial score (nSPS) is 15.7. The van der Waals surface area contributed by atoms with Gasteiger partial charge in [0.2, 0.25) is 0 Å². The van der Waals surface area contributed by atoms with Crippen LogP contribution in [0.2, 0.25) is 0 Å². The first-order valence-corrected chi connectivity index (χ1v) is 9.52. The van der Waals surface area contributed by atoms with Crippen molar-refractivity contribution in [3.05, 3.63) is 64.7 Å². The van der Waals surface area contributed by atoms with Crippen molar-refractivity contribution in [3.63, 3.8) is 0 Å². The van der Waals surface area contributed by atoms with Crippen LogP contribution >= 0.6 is 0 Å². The lowest BCUT2D eigenvalue weighted by molar-refractivity contribution is 0.0652. The second-order valence-corrected chi connectivity index (χ2v) is 7.06. The molecule has 5 nitrogen and oxygen atoms in total. The van der Waals surface area contributed by atoms with Crippen molar-refractivity contribution >= 4 is 23.4 Å². The fourth-order valence-electron chi connectivity index (χ4n) is 3.84. The van der Waals surface area contributed by atoms with Gasteiger partial charge in [-0.05, 0) is 49.1 Å². The molecule has 0 N–H and O–H groups in total. The standard InChI is InChI=1S/C22H22N2O3/c1-2-3-12-24-21(26)17-11-10-16(14-18(17)22(24)27)20(25)23-13-6-8-15-7-4-5-9-19(15)23/h4-5,7,9-11,14H,2-3,6,8,12-13H2,1H3. The van der Waals surface area contributed by atoms with Gasteiger partial charge in [0, 0.05) is 24.3 Å². The molecule has 0 saturated heterocycles. The van der Waals surface area contributed by atoms with E-state index in [4.69, 9.17) is 0 Å². The molecule has 0 aromatic heterocycles. The Morgan fingerprint density at radius 3 is 2.63 bits per heavy atom. The predicted octanol–water partition coefficient (Wildman–Crippen LogP) is 3.68. The molecule has 2 aromatic rings. The minimum absolute atomic E-state index is 0.128. The average molecular weight is 362 g/mol. The van der Waals surface area contributed by atoms with E-state index in [2.05, 4.69) is 0 Å². The topological polar surface area (TPSA) is 57.7 Å². The SMILES string of the molecule is CCCCN1C(=O)c2ccc(C(=O)N3CCCc4ccccc43)cc2C1=O. The lowest BCUT2D eigenvalue weighted by atomic mass is 9.99. The molecule has 0 unspecified atom stereocenters. The first-order chi connectivity index (χ1) is 13.1. The van der Waals surface area contributed by atoms with Gasteiger partial charge < -0.3 is 4.90 Å². The number of fused-ring (bicyclic) bond motifs is 2. The van der Waals surface area contributed by atoms with Gasteiger partial charge >= 0.3 is 0 Å². The zero-order valence-electron chi connectivity index (χ0n) is 15.4. The van der Waals surface area contributed by atoms with Gasteiger partial charge in [0.15, 0.2) is 0 Å². The number of nitrogens with zero attached hydrogens (tertiary/aromatic N) is 2. The molecule has 3 amide bonds. The summed E-state index contributed by atoms with van der Waals surface area (Å²) >= 11 is 0. The zero-order chi connectivity index (χ0) is 19.0. The van der Waals surface area contributed by atoms with Crippen molar-refractivity contribution < 1.29 is 14.4 Å². The van der Waals surface area contributed by atoms with E-state index in [0.29, 0.717) is 29.8 Å². The summed E-state index contributed by atoms with van der Waals surface area (Å²) in [6.45, 7) is 3.10. The number of carbonyl (C=O) groups excluding carboxylic acids is 3. The van der Waals surface area contributed by atoms with Crippen molar-refractivity contribution in [1.29, 1.82) is 0 Å². The second kappa shape index (κ2) is 6.99. The Morgan fingerprint density at radius 1 is 1.04 bits per heavy atom. The Hall–Kier alpha value is -2.95. The third-order valence-electron chi connectivity index (χ3n) is 5.31. The summed E-state index contributed by atoms with van der Waals surface area (Å²) in [4.78, 5) is 41.3. The molecule has 0 radical (unpaired) electrons. The maximum atomic E-state index is 13.1.